The molecular formula is C38H50N8O5. The van der Waals surface area contributed by atoms with Gasteiger partial charge < -0.3 is 31.5 Å². The molecule has 1 aromatic heterocycles. The van der Waals surface area contributed by atoms with Crippen LogP contribution in [0.4, 0.5) is 5.95 Å². The first-order valence-corrected chi connectivity index (χ1v) is 17.6. The highest BCUT2D eigenvalue weighted by Gasteiger charge is 2.29. The predicted molar refractivity (Wildman–Crippen MR) is 195 cm³/mol. The lowest BCUT2D eigenvalue weighted by atomic mass is 10.0. The van der Waals surface area contributed by atoms with Gasteiger partial charge in [-0.15, -0.1) is 0 Å². The average Bonchev–Trinajstić information content (AvgIpc) is 3.10. The van der Waals surface area contributed by atoms with Crippen molar-refractivity contribution < 1.29 is 24.0 Å². The largest absolute Gasteiger partial charge is 0.354 e. The van der Waals surface area contributed by atoms with Gasteiger partial charge in [0.1, 0.15) is 18.1 Å². The van der Waals surface area contributed by atoms with E-state index in [4.69, 9.17) is 0 Å². The van der Waals surface area contributed by atoms with E-state index in [0.29, 0.717) is 49.4 Å². The Labute approximate surface area is 299 Å². The van der Waals surface area contributed by atoms with E-state index in [9.17, 15) is 24.0 Å². The van der Waals surface area contributed by atoms with Gasteiger partial charge in [0, 0.05) is 50.1 Å². The van der Waals surface area contributed by atoms with Crippen molar-refractivity contribution in [1.29, 1.82) is 0 Å². The van der Waals surface area contributed by atoms with E-state index >= 15 is 0 Å². The van der Waals surface area contributed by atoms with Crippen LogP contribution in [0.15, 0.2) is 67.0 Å². The number of carbonyl (C=O) groups excluding carboxylic acids is 5. The quantitative estimate of drug-likeness (QED) is 0.234. The minimum atomic E-state index is -0.991. The van der Waals surface area contributed by atoms with Crippen molar-refractivity contribution in [3.63, 3.8) is 0 Å². The van der Waals surface area contributed by atoms with Crippen LogP contribution in [0, 0.1) is 5.92 Å². The van der Waals surface area contributed by atoms with Crippen LogP contribution >= 0.6 is 0 Å². The Morgan fingerprint density at radius 1 is 0.843 bits per heavy atom. The minimum Gasteiger partial charge on any atom is -0.354 e. The molecular weight excluding hydrogens is 648 g/mol. The second-order valence-corrected chi connectivity index (χ2v) is 13.7. The van der Waals surface area contributed by atoms with Crippen molar-refractivity contribution in [2.24, 2.45) is 5.92 Å². The lowest BCUT2D eigenvalue weighted by Gasteiger charge is -2.25. The molecule has 3 aromatic rings. The third-order valence-corrected chi connectivity index (χ3v) is 8.34. The summed E-state index contributed by atoms with van der Waals surface area (Å²) >= 11 is 0. The van der Waals surface area contributed by atoms with Gasteiger partial charge in [0.05, 0.1) is 5.56 Å². The SMILES string of the molecule is CC(C)C[C@@H]1NC(=O)[C@@H](Cc2ccccc2)NC(=O)c2ccc(cc2)CN(C(=O)c2cnc(NC(C)C)nc2)CCCCNC(=O)[C@@H](C)NC1=O. The molecule has 2 aliphatic heterocycles. The standard InChI is InChI=1S/C38H50N8O5/c1-24(2)19-31-35(49)43-26(5)33(47)39-17-9-10-18-46(37(51)30-21-40-38(41-22-30)42-25(3)4)23-28-13-15-29(16-14-28)34(48)44-32(36(50)45-31)20-27-11-7-6-8-12-27/h6-8,11-16,21-22,24-26,31-32H,9-10,17-20,23H2,1-5H3,(H,39,47)(H,43,49)(H,44,48)(H,45,50)(H,40,41,42)/t26-,31+,32-/m1/s1. The van der Waals surface area contributed by atoms with Crippen molar-refractivity contribution in [3.8, 4) is 0 Å². The molecule has 3 heterocycles. The molecule has 0 spiro atoms. The van der Waals surface area contributed by atoms with Crippen LogP contribution in [-0.4, -0.2) is 81.7 Å². The Bertz CT molecular complexity index is 1630. The fourth-order valence-electron chi connectivity index (χ4n) is 5.64. The number of benzene rings is 2. The molecule has 5 N–H and O–H groups in total. The van der Waals surface area contributed by atoms with Crippen LogP contribution in [0.3, 0.4) is 0 Å². The Morgan fingerprint density at radius 3 is 2.16 bits per heavy atom. The summed E-state index contributed by atoms with van der Waals surface area (Å²) in [5.41, 5.74) is 2.30. The van der Waals surface area contributed by atoms with Crippen molar-refractivity contribution in [2.75, 3.05) is 18.4 Å². The molecule has 51 heavy (non-hydrogen) atoms. The van der Waals surface area contributed by atoms with Crippen LogP contribution in [0.5, 0.6) is 0 Å². The monoisotopic (exact) mass is 698 g/mol. The first-order valence-electron chi connectivity index (χ1n) is 17.6. The first kappa shape index (κ1) is 38.5. The van der Waals surface area contributed by atoms with Crippen LogP contribution in [0.1, 0.15) is 85.7 Å². The summed E-state index contributed by atoms with van der Waals surface area (Å²) in [6.45, 7) is 10.4. The van der Waals surface area contributed by atoms with E-state index in [1.54, 1.807) is 36.1 Å². The minimum absolute atomic E-state index is 0.0561. The third kappa shape index (κ3) is 11.9. The summed E-state index contributed by atoms with van der Waals surface area (Å²) in [7, 11) is 0. The maximum absolute atomic E-state index is 13.8. The fourth-order valence-corrected chi connectivity index (χ4v) is 5.64. The number of aromatic nitrogens is 2. The summed E-state index contributed by atoms with van der Waals surface area (Å²) < 4.78 is 0. The lowest BCUT2D eigenvalue weighted by molar-refractivity contribution is -0.132. The van der Waals surface area contributed by atoms with Crippen molar-refractivity contribution in [2.45, 2.75) is 91.0 Å². The summed E-state index contributed by atoms with van der Waals surface area (Å²) in [6.07, 6.45) is 4.69. The average molecular weight is 699 g/mol. The molecule has 0 radical (unpaired) electrons. The van der Waals surface area contributed by atoms with Gasteiger partial charge in [-0.25, -0.2) is 9.97 Å². The summed E-state index contributed by atoms with van der Waals surface area (Å²) in [5.74, 6) is -1.59. The van der Waals surface area contributed by atoms with Gasteiger partial charge in [-0.1, -0.05) is 56.3 Å². The first-order chi connectivity index (χ1) is 24.4. The Kier molecular flexibility index (Phi) is 14.0. The van der Waals surface area contributed by atoms with E-state index in [1.165, 1.54) is 12.4 Å². The molecule has 2 bridgehead atoms. The number of hydrogen-bond donors (Lipinski definition) is 5. The Hall–Kier alpha value is -5.33. The van der Waals surface area contributed by atoms with Crippen molar-refractivity contribution in [3.05, 3.63) is 89.2 Å². The van der Waals surface area contributed by atoms with Gasteiger partial charge in [0.2, 0.25) is 23.7 Å². The molecule has 0 saturated carbocycles. The second-order valence-electron chi connectivity index (χ2n) is 13.7. The fraction of sp³-hybridized carbons (Fsp3) is 0.447. The number of anilines is 1. The molecule has 0 fully saturated rings. The zero-order valence-electron chi connectivity index (χ0n) is 30.1. The third-order valence-electron chi connectivity index (χ3n) is 8.34. The molecule has 0 unspecified atom stereocenters. The van der Waals surface area contributed by atoms with Crippen LogP contribution < -0.4 is 26.6 Å². The van der Waals surface area contributed by atoms with Gasteiger partial charge in [0.25, 0.3) is 11.8 Å². The number of nitrogens with zero attached hydrogens (tertiary/aromatic N) is 3. The van der Waals surface area contributed by atoms with Crippen LogP contribution in [0.25, 0.3) is 0 Å². The van der Waals surface area contributed by atoms with Gasteiger partial charge in [-0.05, 0) is 69.2 Å². The molecule has 272 valence electrons. The molecule has 5 amide bonds. The maximum Gasteiger partial charge on any atom is 0.257 e. The lowest BCUT2D eigenvalue weighted by Crippen LogP contribution is -2.57. The highest BCUT2D eigenvalue weighted by atomic mass is 16.2. The number of hydrogen-bond acceptors (Lipinski definition) is 8. The van der Waals surface area contributed by atoms with Gasteiger partial charge in [-0.2, -0.15) is 0 Å². The highest BCUT2D eigenvalue weighted by Crippen LogP contribution is 2.15. The normalized spacial score (nSPS) is 19.8. The maximum atomic E-state index is 13.8. The van der Waals surface area contributed by atoms with Crippen molar-refractivity contribution >= 4 is 35.5 Å². The highest BCUT2D eigenvalue weighted by molar-refractivity contribution is 5.99. The number of nitrogens with one attached hydrogen (secondary N) is 5. The van der Waals surface area contributed by atoms with Crippen molar-refractivity contribution in [1.82, 2.24) is 36.1 Å². The van der Waals surface area contributed by atoms with E-state index in [0.717, 1.165) is 11.1 Å². The summed E-state index contributed by atoms with van der Waals surface area (Å²) in [5, 5.41) is 14.4. The molecule has 5 rings (SSSR count). The second kappa shape index (κ2) is 18.6. The molecule has 2 aliphatic rings. The van der Waals surface area contributed by atoms with E-state index in [2.05, 4.69) is 36.6 Å². The number of fused-ring (bicyclic) bond motifs is 18. The number of amides is 5. The molecule has 3 atom stereocenters. The Morgan fingerprint density at radius 2 is 1.51 bits per heavy atom. The topological polar surface area (TPSA) is 175 Å². The van der Waals surface area contributed by atoms with Crippen LogP contribution in [-0.2, 0) is 27.3 Å². The zero-order valence-corrected chi connectivity index (χ0v) is 30.1. The number of carbonyl (C=O) groups is 5. The Balaban J connectivity index is 1.61. The van der Waals surface area contributed by atoms with E-state index in [1.807, 2.05) is 58.0 Å². The summed E-state index contributed by atoms with van der Waals surface area (Å²) in [4.78, 5) is 77.6. The van der Waals surface area contributed by atoms with Crippen LogP contribution in [0.2, 0.25) is 0 Å². The molecule has 13 nitrogen and oxygen atoms in total. The van der Waals surface area contributed by atoms with Gasteiger partial charge >= 0.3 is 0 Å². The van der Waals surface area contributed by atoms with E-state index in [-0.39, 0.29) is 36.7 Å². The molecule has 2 aromatic carbocycles. The predicted octanol–water partition coefficient (Wildman–Crippen LogP) is 3.23. The smallest absolute Gasteiger partial charge is 0.257 e. The van der Waals surface area contributed by atoms with Gasteiger partial charge in [-0.3, -0.25) is 24.0 Å². The van der Waals surface area contributed by atoms with Gasteiger partial charge in [0.15, 0.2) is 0 Å². The zero-order chi connectivity index (χ0) is 36.9. The molecule has 0 saturated heterocycles. The van der Waals surface area contributed by atoms with E-state index < -0.39 is 35.8 Å². The molecule has 0 aliphatic carbocycles. The molecule has 13 heteroatoms. The summed E-state index contributed by atoms with van der Waals surface area (Å²) in [6, 6.07) is 13.5. The number of rotatable bonds is 7.